The molecule has 1 fully saturated rings. The number of halogens is 1. The molecule has 1 aliphatic rings. The number of rotatable bonds is 4. The maximum atomic E-state index is 13.4. The van der Waals surface area contributed by atoms with E-state index in [9.17, 15) is 14.3 Å². The van der Waals surface area contributed by atoms with Gasteiger partial charge >= 0.3 is 0 Å². The summed E-state index contributed by atoms with van der Waals surface area (Å²) in [6.07, 6.45) is 0.463. The summed E-state index contributed by atoms with van der Waals surface area (Å²) in [6, 6.07) is 14.4. The number of aliphatic hydroxyl groups is 1. The van der Waals surface area contributed by atoms with Crippen molar-refractivity contribution in [3.05, 3.63) is 71.0 Å². The Morgan fingerprint density at radius 2 is 1.79 bits per heavy atom. The summed E-state index contributed by atoms with van der Waals surface area (Å²) in [4.78, 5) is 16.5. The molecule has 0 bridgehead atoms. The third-order valence-corrected chi connectivity index (χ3v) is 4.82. The van der Waals surface area contributed by atoms with Gasteiger partial charge in [0.2, 0.25) is 5.91 Å². The maximum Gasteiger partial charge on any atom is 0.224 e. The highest BCUT2D eigenvalue weighted by Crippen LogP contribution is 2.14. The van der Waals surface area contributed by atoms with Gasteiger partial charge in [0.15, 0.2) is 0 Å². The minimum Gasteiger partial charge on any atom is -0.378 e. The van der Waals surface area contributed by atoms with Crippen molar-refractivity contribution < 1.29 is 14.3 Å². The third kappa shape index (κ3) is 6.70. The van der Waals surface area contributed by atoms with Crippen molar-refractivity contribution in [2.45, 2.75) is 39.0 Å². The molecule has 3 rings (SSSR count). The Labute approximate surface area is 172 Å². The second-order valence-electron chi connectivity index (χ2n) is 7.98. The Hall–Kier alpha value is -2.68. The number of nitrogens with zero attached hydrogens (tertiary/aromatic N) is 2. The first kappa shape index (κ1) is 21.0. The molecular weight excluding hydrogens is 367 g/mol. The fraction of sp³-hybridized carbons (Fsp3) is 0.375. The van der Waals surface area contributed by atoms with E-state index in [2.05, 4.69) is 16.7 Å². The van der Waals surface area contributed by atoms with E-state index in [4.69, 9.17) is 0 Å². The van der Waals surface area contributed by atoms with Gasteiger partial charge in [0.1, 0.15) is 11.4 Å². The van der Waals surface area contributed by atoms with Crippen molar-refractivity contribution in [2.24, 2.45) is 0 Å². The van der Waals surface area contributed by atoms with Gasteiger partial charge in [-0.25, -0.2) is 4.39 Å². The van der Waals surface area contributed by atoms with Crippen molar-refractivity contribution in [1.82, 2.24) is 9.80 Å². The molecule has 0 saturated carbocycles. The molecule has 5 heteroatoms. The van der Waals surface area contributed by atoms with E-state index in [1.165, 1.54) is 12.1 Å². The van der Waals surface area contributed by atoms with Crippen LogP contribution in [0.15, 0.2) is 48.5 Å². The van der Waals surface area contributed by atoms with Crippen LogP contribution in [0.25, 0.3) is 0 Å². The molecule has 0 aliphatic carbocycles. The number of carbonyl (C=O) groups is 1. The largest absolute Gasteiger partial charge is 0.378 e. The molecular formula is C24H27FN2O2. The summed E-state index contributed by atoms with van der Waals surface area (Å²) in [7, 11) is 0. The summed E-state index contributed by atoms with van der Waals surface area (Å²) in [5.41, 5.74) is 1.83. The van der Waals surface area contributed by atoms with Gasteiger partial charge in [-0.1, -0.05) is 36.1 Å². The predicted octanol–water partition coefficient (Wildman–Crippen LogP) is 3.18. The summed E-state index contributed by atoms with van der Waals surface area (Å²) in [5, 5.41) is 9.70. The molecule has 1 amide bonds. The van der Waals surface area contributed by atoms with Gasteiger partial charge in [-0.3, -0.25) is 9.69 Å². The van der Waals surface area contributed by atoms with E-state index in [1.807, 2.05) is 35.2 Å². The predicted molar refractivity (Wildman–Crippen MR) is 111 cm³/mol. The van der Waals surface area contributed by atoms with Gasteiger partial charge in [0, 0.05) is 44.7 Å². The molecule has 4 nitrogen and oxygen atoms in total. The summed E-state index contributed by atoms with van der Waals surface area (Å²) >= 11 is 0. The zero-order valence-electron chi connectivity index (χ0n) is 17.0. The topological polar surface area (TPSA) is 43.8 Å². The van der Waals surface area contributed by atoms with Crippen molar-refractivity contribution in [3.63, 3.8) is 0 Å². The lowest BCUT2D eigenvalue weighted by Crippen LogP contribution is -2.32. The van der Waals surface area contributed by atoms with Crippen LogP contribution in [0.1, 0.15) is 37.0 Å². The Morgan fingerprint density at radius 3 is 2.48 bits per heavy atom. The van der Waals surface area contributed by atoms with Crippen molar-refractivity contribution in [3.8, 4) is 11.8 Å². The van der Waals surface area contributed by atoms with E-state index in [0.717, 1.165) is 29.8 Å². The van der Waals surface area contributed by atoms with Crippen LogP contribution in [0, 0.1) is 17.7 Å². The molecule has 1 N–H and O–H groups in total. The van der Waals surface area contributed by atoms with Crippen LogP contribution in [-0.2, 0) is 17.9 Å². The van der Waals surface area contributed by atoms with E-state index >= 15 is 0 Å². The maximum absolute atomic E-state index is 13.4. The van der Waals surface area contributed by atoms with Crippen molar-refractivity contribution >= 4 is 5.91 Å². The van der Waals surface area contributed by atoms with E-state index in [-0.39, 0.29) is 11.7 Å². The Balaban J connectivity index is 1.57. The Kier molecular flexibility index (Phi) is 6.68. The average molecular weight is 394 g/mol. The first-order valence-corrected chi connectivity index (χ1v) is 9.87. The lowest BCUT2D eigenvalue weighted by Gasteiger charge is -2.22. The first-order chi connectivity index (χ1) is 13.8. The minimum absolute atomic E-state index is 0.106. The summed E-state index contributed by atoms with van der Waals surface area (Å²) in [6.45, 7) is 6.64. The highest BCUT2D eigenvalue weighted by atomic mass is 19.1. The molecule has 0 unspecified atom stereocenters. The van der Waals surface area contributed by atoms with Crippen LogP contribution in [0.5, 0.6) is 0 Å². The molecule has 152 valence electrons. The summed E-state index contributed by atoms with van der Waals surface area (Å²) in [5.74, 6) is 5.61. The Morgan fingerprint density at radius 1 is 1.03 bits per heavy atom. The van der Waals surface area contributed by atoms with E-state index in [1.54, 1.807) is 19.9 Å². The molecule has 0 spiro atoms. The lowest BCUT2D eigenvalue weighted by atomic mass is 10.1. The summed E-state index contributed by atoms with van der Waals surface area (Å²) < 4.78 is 13.4. The standard InChI is InChI=1S/C24H27FN2O2/c1-24(2,29)12-10-19-6-8-20(9-7-19)17-26-13-11-23(28)27(15-14-26)18-21-4-3-5-22(25)16-21/h3-9,16,29H,11,13-15,17-18H2,1-2H3. The molecule has 1 heterocycles. The second kappa shape index (κ2) is 9.21. The minimum atomic E-state index is -1.01. The normalized spacial score (nSPS) is 15.6. The molecule has 2 aromatic rings. The van der Waals surface area contributed by atoms with Crippen LogP contribution >= 0.6 is 0 Å². The lowest BCUT2D eigenvalue weighted by molar-refractivity contribution is -0.130. The van der Waals surface area contributed by atoms with Crippen LogP contribution in [0.4, 0.5) is 4.39 Å². The molecule has 0 radical (unpaired) electrons. The van der Waals surface area contributed by atoms with E-state index < -0.39 is 5.60 Å². The van der Waals surface area contributed by atoms with Gasteiger partial charge in [-0.15, -0.1) is 0 Å². The van der Waals surface area contributed by atoms with Gasteiger partial charge in [-0.05, 0) is 49.2 Å². The van der Waals surface area contributed by atoms with Crippen molar-refractivity contribution in [1.29, 1.82) is 0 Å². The molecule has 1 saturated heterocycles. The van der Waals surface area contributed by atoms with Gasteiger partial charge in [0.25, 0.3) is 0 Å². The number of amides is 1. The van der Waals surface area contributed by atoms with Crippen LogP contribution in [0.2, 0.25) is 0 Å². The molecule has 0 aromatic heterocycles. The quantitative estimate of drug-likeness (QED) is 0.810. The van der Waals surface area contributed by atoms with Gasteiger partial charge in [0.05, 0.1) is 0 Å². The number of carbonyl (C=O) groups excluding carboxylic acids is 1. The number of hydrogen-bond acceptors (Lipinski definition) is 3. The van der Waals surface area contributed by atoms with Crippen LogP contribution in [0.3, 0.4) is 0 Å². The number of hydrogen-bond donors (Lipinski definition) is 1. The van der Waals surface area contributed by atoms with E-state index in [0.29, 0.717) is 26.1 Å². The SMILES string of the molecule is CC(C)(O)C#Cc1ccc(CN2CCC(=O)N(Cc3cccc(F)c3)CC2)cc1. The molecule has 29 heavy (non-hydrogen) atoms. The highest BCUT2D eigenvalue weighted by molar-refractivity contribution is 5.76. The fourth-order valence-electron chi connectivity index (χ4n) is 3.27. The van der Waals surface area contributed by atoms with Crippen LogP contribution < -0.4 is 0 Å². The first-order valence-electron chi connectivity index (χ1n) is 9.87. The zero-order chi connectivity index (χ0) is 20.9. The van der Waals surface area contributed by atoms with Gasteiger partial charge in [-0.2, -0.15) is 0 Å². The molecule has 1 aliphatic heterocycles. The van der Waals surface area contributed by atoms with Crippen molar-refractivity contribution in [2.75, 3.05) is 19.6 Å². The zero-order valence-corrected chi connectivity index (χ0v) is 17.0. The fourth-order valence-corrected chi connectivity index (χ4v) is 3.27. The second-order valence-corrected chi connectivity index (χ2v) is 7.98. The van der Waals surface area contributed by atoms with Crippen LogP contribution in [-0.4, -0.2) is 46.0 Å². The smallest absolute Gasteiger partial charge is 0.224 e. The monoisotopic (exact) mass is 394 g/mol. The highest BCUT2D eigenvalue weighted by Gasteiger charge is 2.21. The Bertz CT molecular complexity index is 907. The van der Waals surface area contributed by atoms with Gasteiger partial charge < -0.3 is 10.0 Å². The average Bonchev–Trinajstić information content (AvgIpc) is 2.83. The third-order valence-electron chi connectivity index (χ3n) is 4.82. The number of benzene rings is 2. The molecule has 2 aromatic carbocycles. The molecule has 0 atom stereocenters.